The van der Waals surface area contributed by atoms with Crippen LogP contribution in [0.1, 0.15) is 109 Å². The van der Waals surface area contributed by atoms with Crippen molar-refractivity contribution in [3.05, 3.63) is 23.7 Å². The lowest BCUT2D eigenvalue weighted by Gasteiger charge is -2.42. The Labute approximate surface area is 271 Å². The van der Waals surface area contributed by atoms with Crippen molar-refractivity contribution in [3.8, 4) is 0 Å². The second-order valence-corrected chi connectivity index (χ2v) is 19.2. The van der Waals surface area contributed by atoms with Gasteiger partial charge in [0.1, 0.15) is 35.6 Å². The standard InChI is InChI=1S/C38H58O7/c1-33(2,3)19-41-27-21-15-17-37(11,35(21,7)8)29(27)43-23-13-14-24(26-25(23)31(39)45-32(26)40)44-30-28(42-20-34(4,5)6)22-16-18-38(30,12)36(22,9)10/h13-14,21-22,25-30H,15-20H2,1-12H3/t21-,22-,25-,26+,27?,28?,29?,30?,37-,38-/m0/s1. The summed E-state index contributed by atoms with van der Waals surface area (Å²) in [6, 6.07) is 0. The summed E-state index contributed by atoms with van der Waals surface area (Å²) < 4.78 is 32.4. The molecule has 6 aliphatic rings. The van der Waals surface area contributed by atoms with Crippen LogP contribution in [0.25, 0.3) is 0 Å². The Bertz CT molecular complexity index is 1200. The number of ether oxygens (including phenoxy) is 5. The summed E-state index contributed by atoms with van der Waals surface area (Å²) >= 11 is 0. The third-order valence-electron chi connectivity index (χ3n) is 13.4. The van der Waals surface area contributed by atoms with Gasteiger partial charge in [-0.2, -0.15) is 0 Å². The maximum Gasteiger partial charge on any atom is 0.325 e. The number of allylic oxidation sites excluding steroid dienone is 2. The van der Waals surface area contributed by atoms with Gasteiger partial charge in [-0.3, -0.25) is 9.59 Å². The lowest BCUT2D eigenvalue weighted by atomic mass is 9.70. The summed E-state index contributed by atoms with van der Waals surface area (Å²) in [6.07, 6.45) is 7.31. The number of fused-ring (bicyclic) bond motifs is 5. The second kappa shape index (κ2) is 10.3. The number of carbonyl (C=O) groups is 2. The van der Waals surface area contributed by atoms with Gasteiger partial charge in [0.15, 0.2) is 0 Å². The molecule has 4 bridgehead atoms. The second-order valence-electron chi connectivity index (χ2n) is 19.2. The Morgan fingerprint density at radius 3 is 1.36 bits per heavy atom. The highest BCUT2D eigenvalue weighted by Gasteiger charge is 2.70. The van der Waals surface area contributed by atoms with E-state index < -0.39 is 23.8 Å². The van der Waals surface area contributed by atoms with Gasteiger partial charge in [-0.15, -0.1) is 0 Å². The van der Waals surface area contributed by atoms with Gasteiger partial charge in [0.25, 0.3) is 0 Å². The molecule has 7 nitrogen and oxygen atoms in total. The molecule has 0 aromatic rings. The zero-order valence-corrected chi connectivity index (χ0v) is 29.9. The highest BCUT2D eigenvalue weighted by molar-refractivity contribution is 5.99. The van der Waals surface area contributed by atoms with Crippen molar-refractivity contribution in [2.24, 2.45) is 56.2 Å². The molecule has 7 heteroatoms. The van der Waals surface area contributed by atoms with Crippen molar-refractivity contribution in [2.75, 3.05) is 13.2 Å². The predicted molar refractivity (Wildman–Crippen MR) is 172 cm³/mol. The molecule has 0 amide bonds. The van der Waals surface area contributed by atoms with Crippen LogP contribution in [0, 0.1) is 56.2 Å². The van der Waals surface area contributed by atoms with E-state index in [4.69, 9.17) is 23.7 Å². The highest BCUT2D eigenvalue weighted by atomic mass is 16.6. The number of hydrogen-bond donors (Lipinski definition) is 0. The molecular formula is C38H58O7. The van der Waals surface area contributed by atoms with Crippen molar-refractivity contribution < 1.29 is 33.3 Å². The molecule has 5 aliphatic carbocycles. The first-order chi connectivity index (χ1) is 20.6. The smallest absolute Gasteiger partial charge is 0.325 e. The maximum absolute atomic E-state index is 13.4. The molecule has 10 atom stereocenters. The van der Waals surface area contributed by atoms with Gasteiger partial charge < -0.3 is 23.7 Å². The average Bonchev–Trinajstić information content (AvgIpc) is 3.52. The van der Waals surface area contributed by atoms with Crippen LogP contribution < -0.4 is 0 Å². The molecule has 0 spiro atoms. The molecule has 0 N–H and O–H groups in total. The topological polar surface area (TPSA) is 80.3 Å². The lowest BCUT2D eigenvalue weighted by Crippen LogP contribution is -2.46. The lowest BCUT2D eigenvalue weighted by molar-refractivity contribution is -0.154. The summed E-state index contributed by atoms with van der Waals surface area (Å²) in [4.78, 5) is 26.7. The predicted octanol–water partition coefficient (Wildman–Crippen LogP) is 7.63. The number of esters is 2. The molecule has 252 valence electrons. The zero-order chi connectivity index (χ0) is 33.1. The molecule has 5 fully saturated rings. The number of hydrogen-bond acceptors (Lipinski definition) is 7. The van der Waals surface area contributed by atoms with E-state index in [1.54, 1.807) is 0 Å². The van der Waals surface area contributed by atoms with Crippen molar-refractivity contribution >= 4 is 11.9 Å². The van der Waals surface area contributed by atoms with E-state index in [-0.39, 0.29) is 56.9 Å². The monoisotopic (exact) mass is 626 g/mol. The molecular weight excluding hydrogens is 568 g/mol. The minimum Gasteiger partial charge on any atom is -0.490 e. The third kappa shape index (κ3) is 4.95. The molecule has 4 saturated carbocycles. The van der Waals surface area contributed by atoms with Crippen molar-refractivity contribution in [3.63, 3.8) is 0 Å². The SMILES string of the molecule is CC(C)(C)COC1C(OC2=CC=C(OC3C(OCC(C)(C)C)[C@@H]4CC[C@]3(C)C4(C)C)[C@@H]3C(=O)OC(=O)[C@H]23)[C@]2(C)CC[C@@H]1C2(C)C. The van der Waals surface area contributed by atoms with E-state index in [2.05, 4.69) is 83.1 Å². The Morgan fingerprint density at radius 2 is 1.02 bits per heavy atom. The minimum absolute atomic E-state index is 0.0110. The van der Waals surface area contributed by atoms with Crippen molar-refractivity contribution in [2.45, 2.75) is 133 Å². The number of rotatable bonds is 8. The van der Waals surface area contributed by atoms with E-state index in [0.717, 1.165) is 25.7 Å². The third-order valence-corrected chi connectivity index (χ3v) is 13.4. The Hall–Kier alpha value is -1.86. The first-order valence-corrected chi connectivity index (χ1v) is 17.4. The van der Waals surface area contributed by atoms with Crippen LogP contribution in [-0.2, 0) is 33.3 Å². The quantitative estimate of drug-likeness (QED) is 0.202. The average molecular weight is 627 g/mol. The Kier molecular flexibility index (Phi) is 7.58. The molecule has 1 aliphatic heterocycles. The summed E-state index contributed by atoms with van der Waals surface area (Å²) in [5.41, 5.74) is -0.214. The fraction of sp³-hybridized carbons (Fsp3) is 0.842. The van der Waals surface area contributed by atoms with Gasteiger partial charge in [-0.25, -0.2) is 0 Å². The molecule has 4 unspecified atom stereocenters. The van der Waals surface area contributed by atoms with Gasteiger partial charge in [0.2, 0.25) is 0 Å². The van der Waals surface area contributed by atoms with Crippen LogP contribution in [0.4, 0.5) is 0 Å². The van der Waals surface area contributed by atoms with Gasteiger partial charge in [0, 0.05) is 10.8 Å². The number of carbonyl (C=O) groups excluding carboxylic acids is 2. The van der Waals surface area contributed by atoms with Gasteiger partial charge in [-0.1, -0.05) is 83.1 Å². The Balaban J connectivity index is 1.31. The van der Waals surface area contributed by atoms with E-state index >= 15 is 0 Å². The fourth-order valence-electron chi connectivity index (χ4n) is 9.88. The molecule has 0 aromatic carbocycles. The molecule has 0 radical (unpaired) electrons. The van der Waals surface area contributed by atoms with E-state index in [9.17, 15) is 9.59 Å². The summed E-state index contributed by atoms with van der Waals surface area (Å²) in [5, 5.41) is 0. The van der Waals surface area contributed by atoms with Crippen molar-refractivity contribution in [1.29, 1.82) is 0 Å². The highest BCUT2D eigenvalue weighted by Crippen LogP contribution is 2.69. The summed E-state index contributed by atoms with van der Waals surface area (Å²) in [7, 11) is 0. The summed E-state index contributed by atoms with van der Waals surface area (Å²) in [6.45, 7) is 28.2. The van der Waals surface area contributed by atoms with Crippen LogP contribution in [0.2, 0.25) is 0 Å². The fourth-order valence-corrected chi connectivity index (χ4v) is 9.88. The number of cyclic esters (lactones) is 2. The first kappa shape index (κ1) is 33.1. The molecule has 45 heavy (non-hydrogen) atoms. The van der Waals surface area contributed by atoms with Crippen LogP contribution >= 0.6 is 0 Å². The minimum atomic E-state index is -0.861. The van der Waals surface area contributed by atoms with Crippen LogP contribution in [0.15, 0.2) is 23.7 Å². The van der Waals surface area contributed by atoms with Gasteiger partial charge >= 0.3 is 11.9 Å². The van der Waals surface area contributed by atoms with Crippen LogP contribution in [0.5, 0.6) is 0 Å². The van der Waals surface area contributed by atoms with E-state index in [1.165, 1.54) is 0 Å². The van der Waals surface area contributed by atoms with E-state index in [1.807, 2.05) is 12.2 Å². The maximum atomic E-state index is 13.4. The molecule has 1 saturated heterocycles. The molecule has 6 rings (SSSR count). The summed E-state index contributed by atoms with van der Waals surface area (Å²) in [5.74, 6) is -1.17. The van der Waals surface area contributed by atoms with Gasteiger partial charge in [0.05, 0.1) is 25.4 Å². The Morgan fingerprint density at radius 1 is 0.667 bits per heavy atom. The molecule has 1 heterocycles. The molecule has 0 aromatic heterocycles. The van der Waals surface area contributed by atoms with Crippen LogP contribution in [-0.4, -0.2) is 49.6 Å². The van der Waals surface area contributed by atoms with Crippen LogP contribution in [0.3, 0.4) is 0 Å². The normalized spacial score (nSPS) is 42.8. The van der Waals surface area contributed by atoms with Crippen molar-refractivity contribution in [1.82, 2.24) is 0 Å². The zero-order valence-electron chi connectivity index (χ0n) is 29.9. The largest absolute Gasteiger partial charge is 0.490 e. The van der Waals surface area contributed by atoms with Gasteiger partial charge in [-0.05, 0) is 71.3 Å². The first-order valence-electron chi connectivity index (χ1n) is 17.4. The van der Waals surface area contributed by atoms with E-state index in [0.29, 0.717) is 36.6 Å².